The molecule has 23 heavy (non-hydrogen) atoms. The van der Waals surface area contributed by atoms with Crippen molar-refractivity contribution in [2.75, 3.05) is 11.9 Å². The molecule has 7 heteroatoms. The Bertz CT molecular complexity index is 603. The first-order chi connectivity index (χ1) is 10.5. The van der Waals surface area contributed by atoms with Crippen LogP contribution in [-0.2, 0) is 0 Å². The smallest absolute Gasteiger partial charge is 0.384 e. The van der Waals surface area contributed by atoms with Crippen LogP contribution < -0.4 is 10.6 Å². The third-order valence-corrected chi connectivity index (χ3v) is 2.97. The predicted molar refractivity (Wildman–Crippen MR) is 80.6 cm³/mol. The SMILES string of the molecule is C#CC(C)(C)NC(=O)c1cc(F)ccc1NCCCC(F)(F)F. The van der Waals surface area contributed by atoms with Crippen molar-refractivity contribution in [1.29, 1.82) is 0 Å². The van der Waals surface area contributed by atoms with Gasteiger partial charge in [0.1, 0.15) is 5.82 Å². The van der Waals surface area contributed by atoms with Gasteiger partial charge < -0.3 is 10.6 Å². The van der Waals surface area contributed by atoms with Gasteiger partial charge in [0.05, 0.1) is 11.1 Å². The molecule has 1 rings (SSSR count). The quantitative estimate of drug-likeness (QED) is 0.474. The molecule has 126 valence electrons. The van der Waals surface area contributed by atoms with Crippen LogP contribution in [0.1, 0.15) is 37.0 Å². The number of hydrogen-bond donors (Lipinski definition) is 2. The molecule has 0 bridgehead atoms. The Labute approximate surface area is 132 Å². The summed E-state index contributed by atoms with van der Waals surface area (Å²) in [7, 11) is 0. The summed E-state index contributed by atoms with van der Waals surface area (Å²) >= 11 is 0. The zero-order valence-corrected chi connectivity index (χ0v) is 12.9. The summed E-state index contributed by atoms with van der Waals surface area (Å²) in [5, 5.41) is 5.26. The van der Waals surface area contributed by atoms with Gasteiger partial charge in [-0.15, -0.1) is 6.42 Å². The summed E-state index contributed by atoms with van der Waals surface area (Å²) in [6, 6.07) is 3.43. The van der Waals surface area contributed by atoms with Crippen LogP contribution in [0.15, 0.2) is 18.2 Å². The molecule has 1 aromatic rings. The Balaban J connectivity index is 2.81. The molecule has 0 spiro atoms. The molecule has 0 radical (unpaired) electrons. The molecular weight excluding hydrogens is 312 g/mol. The summed E-state index contributed by atoms with van der Waals surface area (Å²) in [6.45, 7) is 3.20. The van der Waals surface area contributed by atoms with Crippen LogP contribution in [0.3, 0.4) is 0 Å². The molecule has 3 nitrogen and oxygen atoms in total. The average Bonchev–Trinajstić information content (AvgIpc) is 2.43. The van der Waals surface area contributed by atoms with Crippen molar-refractivity contribution in [3.8, 4) is 12.3 Å². The molecule has 0 aliphatic carbocycles. The van der Waals surface area contributed by atoms with Crippen LogP contribution in [0, 0.1) is 18.2 Å². The molecule has 0 unspecified atom stereocenters. The van der Waals surface area contributed by atoms with Crippen LogP contribution in [0.2, 0.25) is 0 Å². The monoisotopic (exact) mass is 330 g/mol. The highest BCUT2D eigenvalue weighted by Crippen LogP contribution is 2.22. The summed E-state index contributed by atoms with van der Waals surface area (Å²) in [5.41, 5.74) is -0.698. The number of benzene rings is 1. The number of carbonyl (C=O) groups is 1. The molecular formula is C16H18F4N2O. The lowest BCUT2D eigenvalue weighted by Gasteiger charge is -2.21. The Morgan fingerprint density at radius 2 is 1.96 bits per heavy atom. The standard InChI is InChI=1S/C16H18F4N2O/c1-4-15(2,3)22-14(23)12-10-11(17)6-7-13(12)21-9-5-8-16(18,19)20/h1,6-7,10,21H,5,8-9H2,2-3H3,(H,22,23). The van der Waals surface area contributed by atoms with Gasteiger partial charge in [0.15, 0.2) is 0 Å². The number of rotatable bonds is 6. The minimum atomic E-state index is -4.23. The van der Waals surface area contributed by atoms with E-state index >= 15 is 0 Å². The minimum Gasteiger partial charge on any atom is -0.384 e. The number of anilines is 1. The highest BCUT2D eigenvalue weighted by atomic mass is 19.4. The van der Waals surface area contributed by atoms with Gasteiger partial charge in [0.2, 0.25) is 0 Å². The fraction of sp³-hybridized carbons (Fsp3) is 0.438. The maximum atomic E-state index is 13.4. The number of amides is 1. The molecule has 0 saturated heterocycles. The van der Waals surface area contributed by atoms with Crippen molar-refractivity contribution < 1.29 is 22.4 Å². The van der Waals surface area contributed by atoms with Gasteiger partial charge in [-0.1, -0.05) is 5.92 Å². The van der Waals surface area contributed by atoms with Gasteiger partial charge in [-0.3, -0.25) is 4.79 Å². The number of hydrogen-bond acceptors (Lipinski definition) is 2. The van der Waals surface area contributed by atoms with Gasteiger partial charge in [0.25, 0.3) is 5.91 Å². The number of halogens is 4. The van der Waals surface area contributed by atoms with E-state index in [9.17, 15) is 22.4 Å². The average molecular weight is 330 g/mol. The number of terminal acetylenes is 1. The molecule has 0 aromatic heterocycles. The van der Waals surface area contributed by atoms with Gasteiger partial charge in [-0.25, -0.2) is 4.39 Å². The molecule has 2 N–H and O–H groups in total. The van der Waals surface area contributed by atoms with Crippen LogP contribution >= 0.6 is 0 Å². The number of nitrogens with one attached hydrogen (secondary N) is 2. The van der Waals surface area contributed by atoms with Crippen molar-refractivity contribution in [1.82, 2.24) is 5.32 Å². The lowest BCUT2D eigenvalue weighted by atomic mass is 10.1. The van der Waals surface area contributed by atoms with Crippen molar-refractivity contribution in [2.24, 2.45) is 0 Å². The van der Waals surface area contributed by atoms with Gasteiger partial charge in [-0.2, -0.15) is 13.2 Å². The summed E-state index contributed by atoms with van der Waals surface area (Å²) in [5.74, 6) is 1.14. The van der Waals surface area contributed by atoms with Crippen LogP contribution in [-0.4, -0.2) is 24.2 Å². The van der Waals surface area contributed by atoms with E-state index in [1.165, 1.54) is 6.07 Å². The molecule has 0 aliphatic rings. The lowest BCUT2D eigenvalue weighted by Crippen LogP contribution is -2.42. The second-order valence-corrected chi connectivity index (χ2v) is 5.56. The van der Waals surface area contributed by atoms with E-state index in [0.717, 1.165) is 12.1 Å². The Kier molecular flexibility index (Phi) is 6.02. The topological polar surface area (TPSA) is 41.1 Å². The molecule has 1 amide bonds. The maximum Gasteiger partial charge on any atom is 0.389 e. The normalized spacial score (nSPS) is 11.7. The second kappa shape index (κ2) is 7.36. The van der Waals surface area contributed by atoms with E-state index in [1.54, 1.807) is 13.8 Å². The van der Waals surface area contributed by atoms with Gasteiger partial charge >= 0.3 is 6.18 Å². The van der Waals surface area contributed by atoms with Gasteiger partial charge in [-0.05, 0) is 38.5 Å². The predicted octanol–water partition coefficient (Wildman–Crippen LogP) is 3.72. The number of alkyl halides is 3. The van der Waals surface area contributed by atoms with Crippen molar-refractivity contribution in [3.63, 3.8) is 0 Å². The molecule has 1 aromatic carbocycles. The maximum absolute atomic E-state index is 13.4. The number of carbonyl (C=O) groups excluding carboxylic acids is 1. The van der Waals surface area contributed by atoms with Crippen LogP contribution in [0.5, 0.6) is 0 Å². The Morgan fingerprint density at radius 1 is 1.30 bits per heavy atom. The lowest BCUT2D eigenvalue weighted by molar-refractivity contribution is -0.134. The van der Waals surface area contributed by atoms with Crippen LogP contribution in [0.25, 0.3) is 0 Å². The zero-order valence-electron chi connectivity index (χ0n) is 12.9. The third-order valence-electron chi connectivity index (χ3n) is 2.97. The molecule has 0 atom stereocenters. The minimum absolute atomic E-state index is 0.00392. The zero-order chi connectivity index (χ0) is 17.7. The van der Waals surface area contributed by atoms with Crippen molar-refractivity contribution in [3.05, 3.63) is 29.6 Å². The van der Waals surface area contributed by atoms with Crippen molar-refractivity contribution in [2.45, 2.75) is 38.4 Å². The fourth-order valence-corrected chi connectivity index (χ4v) is 1.76. The molecule has 0 saturated carbocycles. The van der Waals surface area contributed by atoms with E-state index in [-0.39, 0.29) is 24.2 Å². The van der Waals surface area contributed by atoms with E-state index in [4.69, 9.17) is 6.42 Å². The third kappa shape index (κ3) is 6.59. The van der Waals surface area contributed by atoms with E-state index in [0.29, 0.717) is 0 Å². The summed E-state index contributed by atoms with van der Waals surface area (Å²) in [6.07, 6.45) is -0.0486. The summed E-state index contributed by atoms with van der Waals surface area (Å²) in [4.78, 5) is 12.2. The van der Waals surface area contributed by atoms with Gasteiger partial charge in [0, 0.05) is 18.7 Å². The van der Waals surface area contributed by atoms with Crippen molar-refractivity contribution >= 4 is 11.6 Å². The largest absolute Gasteiger partial charge is 0.389 e. The van der Waals surface area contributed by atoms with E-state index in [2.05, 4.69) is 16.6 Å². The summed E-state index contributed by atoms with van der Waals surface area (Å²) < 4.78 is 49.7. The molecule has 0 fully saturated rings. The first-order valence-corrected chi connectivity index (χ1v) is 6.94. The first kappa shape index (κ1) is 18.8. The van der Waals surface area contributed by atoms with Crippen LogP contribution in [0.4, 0.5) is 23.2 Å². The Hall–Kier alpha value is -2.23. The fourth-order valence-electron chi connectivity index (χ4n) is 1.76. The molecule has 0 aliphatic heterocycles. The second-order valence-electron chi connectivity index (χ2n) is 5.56. The Morgan fingerprint density at radius 3 is 2.52 bits per heavy atom. The highest BCUT2D eigenvalue weighted by Gasteiger charge is 2.26. The first-order valence-electron chi connectivity index (χ1n) is 6.94. The van der Waals surface area contributed by atoms with E-state index < -0.39 is 29.9 Å². The highest BCUT2D eigenvalue weighted by molar-refractivity contribution is 6.00. The van der Waals surface area contributed by atoms with E-state index in [1.807, 2.05) is 0 Å². The molecule has 0 heterocycles.